The van der Waals surface area contributed by atoms with Crippen LogP contribution < -0.4 is 0 Å². The fraction of sp³-hybridized carbons (Fsp3) is 0.169. The first-order chi connectivity index (χ1) is 44.0. The number of nitrogens with zero attached hydrogens (tertiary/aromatic N) is 6. The molecule has 4 heterocycles. The molecule has 6 nitrogen and oxygen atoms in total. The van der Waals surface area contributed by atoms with E-state index >= 15 is 26.3 Å². The van der Waals surface area contributed by atoms with Gasteiger partial charge in [0.25, 0.3) is 0 Å². The maximum Gasteiger partial charge on any atom is 0.416 e. The van der Waals surface area contributed by atoms with Crippen LogP contribution >= 0.6 is 0 Å². The predicted molar refractivity (Wildman–Crippen MR) is 298 cm³/mol. The molecular weight excluding hydrogens is 1320 g/mol. The highest BCUT2D eigenvalue weighted by atomic mass is 19.4. The molecule has 0 radical (unpaired) electrons. The molecule has 0 amide bonds. The number of allylic oxidation sites excluding steroid dienone is 1. The van der Waals surface area contributed by atoms with E-state index in [1.165, 1.54) is 0 Å². The van der Waals surface area contributed by atoms with Crippen molar-refractivity contribution in [2.24, 2.45) is 0 Å². The summed E-state index contributed by atoms with van der Waals surface area (Å²) < 4.78 is 362. The first-order valence-electron chi connectivity index (χ1n) is 27.3. The van der Waals surface area contributed by atoms with Gasteiger partial charge >= 0.3 is 49.4 Å². The average molecular weight is 1350 g/mol. The Bertz CT molecular complexity index is 5030. The molecule has 0 bridgehead atoms. The number of alkyl halides is 24. The minimum atomic E-state index is -5.33. The zero-order valence-electron chi connectivity index (χ0n) is 46.7. The molecule has 0 aliphatic heterocycles. The van der Waals surface area contributed by atoms with Gasteiger partial charge in [-0.15, -0.1) is 0 Å². The second-order valence-corrected chi connectivity index (χ2v) is 22.4. The van der Waals surface area contributed by atoms with Crippen molar-refractivity contribution >= 4 is 82.4 Å². The molecule has 95 heavy (non-hydrogen) atoms. The minimum Gasteiger partial charge on any atom is -0.309 e. The van der Waals surface area contributed by atoms with Crippen molar-refractivity contribution in [2.75, 3.05) is 0 Å². The average Bonchev–Trinajstić information content (AvgIpc) is 1.66. The van der Waals surface area contributed by atoms with Gasteiger partial charge in [-0.05, 0) is 140 Å². The maximum absolute atomic E-state index is 15.1. The van der Waals surface area contributed by atoms with Gasteiger partial charge < -0.3 is 18.3 Å². The van der Waals surface area contributed by atoms with Crippen molar-refractivity contribution in [1.29, 1.82) is 10.5 Å². The number of rotatable bonds is 4. The molecule has 13 rings (SSSR count). The Labute approximate surface area is 513 Å². The van der Waals surface area contributed by atoms with Gasteiger partial charge in [-0.3, -0.25) is 0 Å². The lowest BCUT2D eigenvalue weighted by molar-refractivity contribution is -0.138. The van der Waals surface area contributed by atoms with Gasteiger partial charge in [-0.25, -0.2) is 0 Å². The molecule has 0 saturated heterocycles. The Balaban J connectivity index is 1.40. The SMILES string of the molecule is CC1CC(C(F)(F)F)=Cc2c1n(-c1c(-n3c4ccc(C(F)(F)F)cc4c4cc(C(F)(F)F)ccc43)c(C#N)c(-n3c4ccc(C(F)(F)F)cc4c4cc(C(F)(F)F)ccc43)c(C#N)c1-n1c3ccc(C(F)(F)F)cc3c3cc(C(F)(F)F)ccc31)c1ccc(C(F)(F)F)cc21. The van der Waals surface area contributed by atoms with Gasteiger partial charge in [0, 0.05) is 60.5 Å². The summed E-state index contributed by atoms with van der Waals surface area (Å²) in [7, 11) is 0. The van der Waals surface area contributed by atoms with Crippen LogP contribution in [-0.2, 0) is 43.2 Å². The van der Waals surface area contributed by atoms with E-state index in [1.54, 1.807) is 0 Å². The molecule has 8 aromatic carbocycles. The zero-order valence-corrected chi connectivity index (χ0v) is 46.7. The van der Waals surface area contributed by atoms with E-state index in [0.717, 1.165) is 25.2 Å². The zero-order chi connectivity index (χ0) is 68.9. The van der Waals surface area contributed by atoms with Gasteiger partial charge in [-0.1, -0.05) is 6.92 Å². The lowest BCUT2D eigenvalue weighted by atomic mass is 9.87. The van der Waals surface area contributed by atoms with Gasteiger partial charge in [-0.2, -0.15) is 116 Å². The quantitative estimate of drug-likeness (QED) is 0.165. The first kappa shape index (κ1) is 63.5. The number of benzene rings is 8. The highest BCUT2D eigenvalue weighted by molar-refractivity contribution is 6.15. The smallest absolute Gasteiger partial charge is 0.309 e. The number of halogens is 24. The summed E-state index contributed by atoms with van der Waals surface area (Å²) in [6.07, 6.45) is -43.2. The largest absolute Gasteiger partial charge is 0.416 e. The number of hydrogen-bond acceptors (Lipinski definition) is 2. The van der Waals surface area contributed by atoms with Gasteiger partial charge in [0.1, 0.15) is 23.3 Å². The van der Waals surface area contributed by atoms with Crippen molar-refractivity contribution in [1.82, 2.24) is 18.3 Å². The molecule has 1 aliphatic rings. The van der Waals surface area contributed by atoms with E-state index in [-0.39, 0.29) is 0 Å². The molecular formula is C65H28F24N6. The van der Waals surface area contributed by atoms with Crippen LogP contribution in [0.15, 0.2) is 133 Å². The summed E-state index contributed by atoms with van der Waals surface area (Å²) in [5, 5.41) is 19.0. The molecule has 0 spiro atoms. The summed E-state index contributed by atoms with van der Waals surface area (Å²) in [4.78, 5) is 0. The van der Waals surface area contributed by atoms with Crippen LogP contribution in [0.1, 0.15) is 80.6 Å². The maximum atomic E-state index is 15.1. The second kappa shape index (κ2) is 20.4. The summed E-state index contributed by atoms with van der Waals surface area (Å²) in [6.45, 7) is 1.10. The first-order valence-corrected chi connectivity index (χ1v) is 27.3. The molecule has 0 saturated carbocycles. The van der Waals surface area contributed by atoms with Crippen LogP contribution in [0.2, 0.25) is 0 Å². The van der Waals surface area contributed by atoms with E-state index in [2.05, 4.69) is 0 Å². The lowest BCUT2D eigenvalue weighted by Crippen LogP contribution is -2.21. The van der Waals surface area contributed by atoms with Crippen LogP contribution in [0.25, 0.3) is 105 Å². The number of nitriles is 2. The van der Waals surface area contributed by atoms with Crippen LogP contribution in [-0.4, -0.2) is 24.4 Å². The third-order valence-electron chi connectivity index (χ3n) is 16.8. The molecule has 1 atom stereocenters. The molecule has 0 N–H and O–H groups in total. The van der Waals surface area contributed by atoms with Crippen LogP contribution in [0.5, 0.6) is 0 Å². The van der Waals surface area contributed by atoms with E-state index in [0.29, 0.717) is 133 Å². The van der Waals surface area contributed by atoms with Crippen molar-refractivity contribution in [2.45, 2.75) is 68.7 Å². The van der Waals surface area contributed by atoms with Crippen molar-refractivity contribution in [3.8, 4) is 34.9 Å². The van der Waals surface area contributed by atoms with Crippen molar-refractivity contribution < 1.29 is 105 Å². The van der Waals surface area contributed by atoms with Crippen molar-refractivity contribution in [3.63, 3.8) is 0 Å². The Hall–Kier alpha value is -10.3. The number of hydrogen-bond donors (Lipinski definition) is 0. The molecule has 12 aromatic rings. The lowest BCUT2D eigenvalue weighted by Gasteiger charge is -2.30. The third-order valence-corrected chi connectivity index (χ3v) is 16.8. The van der Waals surface area contributed by atoms with Crippen LogP contribution in [0.4, 0.5) is 105 Å². The highest BCUT2D eigenvalue weighted by Crippen LogP contribution is 2.54. The predicted octanol–water partition coefficient (Wildman–Crippen LogP) is 22.2. The van der Waals surface area contributed by atoms with Gasteiger partial charge in [0.05, 0.1) is 100 Å². The molecule has 4 aromatic heterocycles. The minimum absolute atomic E-state index is 0.343. The Morgan fingerprint density at radius 1 is 0.305 bits per heavy atom. The normalized spacial score (nSPS) is 14.9. The standard InChI is InChI=1S/C65H28F24N6/c1-27-16-35(65(87,88)89)24-43-42-23-34(64(84,85)86)8-15-52(42)95(53(27)43)57-55(93-48-11-4-30(60(72,73)74)19-38(48)39-20-31(61(75,76)77)5-12-49(39)93)44(25-90)54(92-46-9-2-28(58(66,67)68)17-36(46)37-18-29(59(69,70)71)3-10-47(37)92)45(26-91)56(57)94-50-13-6-32(62(78,79)80)21-40(50)41-22-33(63(81,82)83)7-14-51(41)94/h2-15,17-24,27H,16H2,1H3. The summed E-state index contributed by atoms with van der Waals surface area (Å²) >= 11 is 0. The third kappa shape index (κ3) is 9.98. The van der Waals surface area contributed by atoms with Crippen LogP contribution in [0, 0.1) is 22.7 Å². The summed E-state index contributed by atoms with van der Waals surface area (Å²) in [6, 6.07) is 13.3. The van der Waals surface area contributed by atoms with Crippen molar-refractivity contribution in [3.05, 3.63) is 194 Å². The monoisotopic (exact) mass is 1350 g/mol. The van der Waals surface area contributed by atoms with Crippen LogP contribution in [0.3, 0.4) is 0 Å². The van der Waals surface area contributed by atoms with E-state index in [4.69, 9.17) is 0 Å². The Morgan fingerprint density at radius 3 is 0.768 bits per heavy atom. The molecule has 486 valence electrons. The fourth-order valence-electron chi connectivity index (χ4n) is 12.9. The molecule has 1 aliphatic carbocycles. The molecule has 0 fully saturated rings. The topological polar surface area (TPSA) is 67.3 Å². The highest BCUT2D eigenvalue weighted by Gasteiger charge is 2.44. The van der Waals surface area contributed by atoms with E-state index in [1.807, 2.05) is 12.1 Å². The molecule has 1 unspecified atom stereocenters. The Morgan fingerprint density at radius 2 is 0.537 bits per heavy atom. The summed E-state index contributed by atoms with van der Waals surface area (Å²) in [5.74, 6) is -1.67. The van der Waals surface area contributed by atoms with Gasteiger partial charge in [0.2, 0.25) is 0 Å². The van der Waals surface area contributed by atoms with Gasteiger partial charge in [0.15, 0.2) is 0 Å². The number of aromatic nitrogens is 4. The molecule has 30 heteroatoms. The Kier molecular flexibility index (Phi) is 13.6. The number of fused-ring (bicyclic) bond motifs is 12. The fourth-order valence-corrected chi connectivity index (χ4v) is 12.9. The van der Waals surface area contributed by atoms with E-state index in [9.17, 15) is 89.6 Å². The second-order valence-electron chi connectivity index (χ2n) is 22.4. The van der Waals surface area contributed by atoms with E-state index < -0.39 is 228 Å². The summed E-state index contributed by atoms with van der Waals surface area (Å²) in [5.41, 5.74) is -24.3.